The monoisotopic (exact) mass is 232 g/mol. The molecule has 0 amide bonds. The second-order valence-corrected chi connectivity index (χ2v) is 5.53. The zero-order chi connectivity index (χ0) is 12.6. The highest BCUT2D eigenvalue weighted by Gasteiger charge is 2.26. The van der Waals surface area contributed by atoms with Crippen LogP contribution in [0.25, 0.3) is 0 Å². The van der Waals surface area contributed by atoms with Gasteiger partial charge < -0.3 is 10.6 Å². The topological polar surface area (TPSA) is 29.3 Å². The smallest absolute Gasteiger partial charge is 0.0607 e. The molecule has 2 atom stereocenters. The molecule has 2 heteroatoms. The first-order valence-electron chi connectivity index (χ1n) is 6.65. The van der Waals surface area contributed by atoms with E-state index in [2.05, 4.69) is 44.7 Å². The first-order valence-corrected chi connectivity index (χ1v) is 6.65. The standard InChI is InChI=1S/C15H24N2/c1-10-8-14(16)15(9-11(10)2)17-12(3)6-5-7-13(17)4/h8-9,12-13H,5-7,16H2,1-4H3/t12-,13+. The van der Waals surface area contributed by atoms with Crippen molar-refractivity contribution in [1.29, 1.82) is 0 Å². The molecule has 2 nitrogen and oxygen atoms in total. The van der Waals surface area contributed by atoms with Crippen LogP contribution in [0.3, 0.4) is 0 Å². The maximum absolute atomic E-state index is 6.20. The van der Waals surface area contributed by atoms with Crippen molar-refractivity contribution in [3.63, 3.8) is 0 Å². The molecule has 2 N–H and O–H groups in total. The minimum atomic E-state index is 0.600. The van der Waals surface area contributed by atoms with Gasteiger partial charge >= 0.3 is 0 Å². The summed E-state index contributed by atoms with van der Waals surface area (Å²) < 4.78 is 0. The summed E-state index contributed by atoms with van der Waals surface area (Å²) in [5.41, 5.74) is 11.0. The van der Waals surface area contributed by atoms with Gasteiger partial charge in [0.25, 0.3) is 0 Å². The quantitative estimate of drug-likeness (QED) is 0.749. The summed E-state index contributed by atoms with van der Waals surface area (Å²) >= 11 is 0. The maximum atomic E-state index is 6.20. The van der Waals surface area contributed by atoms with Crippen molar-refractivity contribution in [3.05, 3.63) is 23.3 Å². The Morgan fingerprint density at radius 1 is 1.06 bits per heavy atom. The second kappa shape index (κ2) is 4.59. The third kappa shape index (κ3) is 2.26. The number of anilines is 2. The molecule has 0 unspecified atom stereocenters. The molecular formula is C15H24N2. The second-order valence-electron chi connectivity index (χ2n) is 5.53. The molecule has 0 aliphatic carbocycles. The Balaban J connectivity index is 2.41. The van der Waals surface area contributed by atoms with Crippen molar-refractivity contribution in [2.45, 2.75) is 59.0 Å². The van der Waals surface area contributed by atoms with Crippen LogP contribution in [0.2, 0.25) is 0 Å². The minimum Gasteiger partial charge on any atom is -0.397 e. The summed E-state index contributed by atoms with van der Waals surface area (Å²) in [6.45, 7) is 8.91. The number of nitrogens with zero attached hydrogens (tertiary/aromatic N) is 1. The Morgan fingerprint density at radius 2 is 1.59 bits per heavy atom. The Hall–Kier alpha value is -1.18. The summed E-state index contributed by atoms with van der Waals surface area (Å²) in [5.74, 6) is 0. The van der Waals surface area contributed by atoms with E-state index in [9.17, 15) is 0 Å². The van der Waals surface area contributed by atoms with Crippen LogP contribution in [0.1, 0.15) is 44.2 Å². The van der Waals surface area contributed by atoms with Crippen LogP contribution in [0.4, 0.5) is 11.4 Å². The lowest BCUT2D eigenvalue weighted by Gasteiger charge is -2.41. The highest BCUT2D eigenvalue weighted by atomic mass is 15.2. The number of rotatable bonds is 1. The lowest BCUT2D eigenvalue weighted by atomic mass is 9.95. The minimum absolute atomic E-state index is 0.600. The molecule has 1 aromatic rings. The molecule has 1 heterocycles. The summed E-state index contributed by atoms with van der Waals surface area (Å²) in [6, 6.07) is 5.56. The van der Waals surface area contributed by atoms with Gasteiger partial charge in [0.05, 0.1) is 11.4 Å². The van der Waals surface area contributed by atoms with E-state index in [4.69, 9.17) is 5.73 Å². The number of piperidine rings is 1. The average Bonchev–Trinajstić information content (AvgIpc) is 2.25. The van der Waals surface area contributed by atoms with Crippen molar-refractivity contribution in [2.75, 3.05) is 10.6 Å². The summed E-state index contributed by atoms with van der Waals surface area (Å²) in [5, 5.41) is 0. The molecule has 1 fully saturated rings. The first kappa shape index (κ1) is 12.3. The van der Waals surface area contributed by atoms with Crippen LogP contribution in [0.5, 0.6) is 0 Å². The van der Waals surface area contributed by atoms with Crippen molar-refractivity contribution >= 4 is 11.4 Å². The SMILES string of the molecule is Cc1cc(N)c(N2[C@H](C)CCC[C@@H]2C)cc1C. The van der Waals surface area contributed by atoms with Gasteiger partial charge in [0.1, 0.15) is 0 Å². The zero-order valence-corrected chi connectivity index (χ0v) is 11.5. The van der Waals surface area contributed by atoms with E-state index < -0.39 is 0 Å². The van der Waals surface area contributed by atoms with Gasteiger partial charge in [-0.15, -0.1) is 0 Å². The van der Waals surface area contributed by atoms with E-state index in [-0.39, 0.29) is 0 Å². The molecule has 1 aliphatic rings. The predicted molar refractivity (Wildman–Crippen MR) is 75.6 cm³/mol. The molecule has 1 aromatic carbocycles. The highest BCUT2D eigenvalue weighted by Crippen LogP contribution is 2.34. The summed E-state index contributed by atoms with van der Waals surface area (Å²) in [7, 11) is 0. The Bertz CT molecular complexity index is 402. The Morgan fingerprint density at radius 3 is 2.18 bits per heavy atom. The zero-order valence-electron chi connectivity index (χ0n) is 11.5. The molecule has 17 heavy (non-hydrogen) atoms. The van der Waals surface area contributed by atoms with Crippen molar-refractivity contribution in [2.24, 2.45) is 0 Å². The fourth-order valence-corrected chi connectivity index (χ4v) is 2.94. The number of hydrogen-bond acceptors (Lipinski definition) is 2. The van der Waals surface area contributed by atoms with E-state index in [1.807, 2.05) is 0 Å². The third-order valence-electron chi connectivity index (χ3n) is 4.11. The molecule has 94 valence electrons. The number of aryl methyl sites for hydroxylation is 2. The van der Waals surface area contributed by atoms with E-state index >= 15 is 0 Å². The van der Waals surface area contributed by atoms with E-state index in [0.717, 1.165) is 5.69 Å². The number of benzene rings is 1. The molecule has 1 aliphatic heterocycles. The fourth-order valence-electron chi connectivity index (χ4n) is 2.94. The molecule has 0 bridgehead atoms. The van der Waals surface area contributed by atoms with Gasteiger partial charge in [-0.2, -0.15) is 0 Å². The van der Waals surface area contributed by atoms with Gasteiger partial charge in [-0.3, -0.25) is 0 Å². The van der Waals surface area contributed by atoms with Gasteiger partial charge in [0, 0.05) is 12.1 Å². The summed E-state index contributed by atoms with van der Waals surface area (Å²) in [6.07, 6.45) is 3.89. The molecule has 0 spiro atoms. The summed E-state index contributed by atoms with van der Waals surface area (Å²) in [4.78, 5) is 2.51. The highest BCUT2D eigenvalue weighted by molar-refractivity contribution is 5.70. The van der Waals surface area contributed by atoms with Crippen LogP contribution in [-0.4, -0.2) is 12.1 Å². The van der Waals surface area contributed by atoms with Gasteiger partial charge in [-0.1, -0.05) is 0 Å². The molecule has 0 saturated carbocycles. The molecule has 0 radical (unpaired) electrons. The van der Waals surface area contributed by atoms with Gasteiger partial charge in [0.15, 0.2) is 0 Å². The number of nitrogen functional groups attached to an aromatic ring is 1. The average molecular weight is 232 g/mol. The number of nitrogens with two attached hydrogens (primary N) is 1. The maximum Gasteiger partial charge on any atom is 0.0607 e. The van der Waals surface area contributed by atoms with Gasteiger partial charge in [-0.05, 0) is 70.2 Å². The molecule has 1 saturated heterocycles. The Labute approximate surface area is 105 Å². The van der Waals surface area contributed by atoms with E-state index in [0.29, 0.717) is 12.1 Å². The molecule has 2 rings (SSSR count). The molecule has 0 aromatic heterocycles. The third-order valence-corrected chi connectivity index (χ3v) is 4.11. The van der Waals surface area contributed by atoms with Crippen molar-refractivity contribution < 1.29 is 0 Å². The fraction of sp³-hybridized carbons (Fsp3) is 0.600. The van der Waals surface area contributed by atoms with Crippen LogP contribution >= 0.6 is 0 Å². The lowest BCUT2D eigenvalue weighted by Crippen LogP contribution is -2.44. The predicted octanol–water partition coefficient (Wildman–Crippen LogP) is 3.65. The van der Waals surface area contributed by atoms with Crippen molar-refractivity contribution in [3.8, 4) is 0 Å². The lowest BCUT2D eigenvalue weighted by molar-refractivity contribution is 0.414. The first-order chi connectivity index (χ1) is 8.00. The molecular weight excluding hydrogens is 208 g/mol. The number of hydrogen-bond donors (Lipinski definition) is 1. The van der Waals surface area contributed by atoms with E-state index in [1.165, 1.54) is 36.1 Å². The van der Waals surface area contributed by atoms with E-state index in [1.54, 1.807) is 0 Å². The van der Waals surface area contributed by atoms with Crippen molar-refractivity contribution in [1.82, 2.24) is 0 Å². The van der Waals surface area contributed by atoms with Crippen LogP contribution < -0.4 is 10.6 Å². The Kier molecular flexibility index (Phi) is 3.32. The normalized spacial score (nSPS) is 25.1. The van der Waals surface area contributed by atoms with Crippen LogP contribution in [0.15, 0.2) is 12.1 Å². The van der Waals surface area contributed by atoms with Crippen LogP contribution in [0, 0.1) is 13.8 Å². The van der Waals surface area contributed by atoms with Gasteiger partial charge in [0.2, 0.25) is 0 Å². The van der Waals surface area contributed by atoms with Crippen LogP contribution in [-0.2, 0) is 0 Å². The van der Waals surface area contributed by atoms with Gasteiger partial charge in [-0.25, -0.2) is 0 Å². The largest absolute Gasteiger partial charge is 0.397 e.